The molecule has 0 aliphatic carbocycles. The van der Waals surface area contributed by atoms with Crippen molar-refractivity contribution in [1.82, 2.24) is 4.98 Å². The van der Waals surface area contributed by atoms with Gasteiger partial charge in [0.05, 0.1) is 62.5 Å². The molecule has 0 amide bonds. The molecule has 4 nitrogen and oxygen atoms in total. The minimum atomic E-state index is -6.13. The quantitative estimate of drug-likeness (QED) is 0.0692. The summed E-state index contributed by atoms with van der Waals surface area (Å²) >= 11 is 0. The van der Waals surface area contributed by atoms with Gasteiger partial charge in [0.15, 0.2) is 18.9 Å². The summed E-state index contributed by atoms with van der Waals surface area (Å²) in [6.45, 7) is 6.33. The van der Waals surface area contributed by atoms with Gasteiger partial charge in [-0.15, -0.1) is 0 Å². The van der Waals surface area contributed by atoms with Crippen LogP contribution in [0.25, 0.3) is 0 Å². The van der Waals surface area contributed by atoms with Gasteiger partial charge in [0.1, 0.15) is 11.7 Å². The summed E-state index contributed by atoms with van der Waals surface area (Å²) in [6, 6.07) is -1.34. The number of aromatic nitrogens is 2. The third kappa shape index (κ3) is 15.0. The molecule has 416 valence electrons. The number of rotatable bonds is 7. The monoisotopic (exact) mass is 1130 g/mol. The van der Waals surface area contributed by atoms with E-state index < -0.39 is 200 Å². The molecule has 0 saturated heterocycles. The Balaban J connectivity index is 0.000000455. The van der Waals surface area contributed by atoms with Crippen molar-refractivity contribution in [3.63, 3.8) is 0 Å². The summed E-state index contributed by atoms with van der Waals surface area (Å²) in [4.78, 5) is 15.9. The van der Waals surface area contributed by atoms with Crippen LogP contribution in [0.15, 0.2) is 122 Å². The number of ether oxygens (including phenoxy) is 1. The number of carbonyl (C=O) groups is 1. The highest BCUT2D eigenvalue weighted by Gasteiger charge is 2.47. The lowest BCUT2D eigenvalue weighted by molar-refractivity contribution is -0.688. The standard InChI is InChI=1S/C32H12BF24.C16H19N2O2/c34-25(35,36)13-1-14(26(37,38)39)6-21(5-13)33(22-7-15(27(40,41)42)2-16(8-22)28(43,44)45,23-9-17(29(46,47)48)3-18(10-23)30(49,50)51)24-11-19(31(52,53)54)4-20(12-24)32(55,56)57;1-16(2,3)20-15(19)14-6-4-13(5-7-14)12-18-10-8-17-9-11-18/h1-12H;4-11H,12H2,1-3H3/q-1;+1. The first-order valence-electron chi connectivity index (χ1n) is 21.2. The summed E-state index contributed by atoms with van der Waals surface area (Å²) in [7, 11) is 0. The molecule has 0 aliphatic heterocycles. The van der Waals surface area contributed by atoms with Crippen molar-refractivity contribution in [2.24, 2.45) is 0 Å². The van der Waals surface area contributed by atoms with E-state index in [2.05, 4.69) is 4.98 Å². The van der Waals surface area contributed by atoms with Crippen LogP contribution in [0, 0.1) is 0 Å². The van der Waals surface area contributed by atoms with Crippen LogP contribution in [0.2, 0.25) is 0 Å². The number of hydrogen-bond acceptors (Lipinski definition) is 3. The highest BCUT2D eigenvalue weighted by Crippen LogP contribution is 2.41. The summed E-state index contributed by atoms with van der Waals surface area (Å²) in [5.74, 6) is -0.291. The Hall–Kier alpha value is -6.97. The van der Waals surface area contributed by atoms with Crippen molar-refractivity contribution in [2.45, 2.75) is 82.3 Å². The van der Waals surface area contributed by atoms with Crippen LogP contribution >= 0.6 is 0 Å². The van der Waals surface area contributed by atoms with E-state index in [0.29, 0.717) is 5.56 Å². The van der Waals surface area contributed by atoms with E-state index in [0.717, 1.165) is 12.1 Å². The van der Waals surface area contributed by atoms with Gasteiger partial charge in [-0.2, -0.15) is 132 Å². The number of alkyl halides is 24. The van der Waals surface area contributed by atoms with Crippen molar-refractivity contribution in [3.8, 4) is 0 Å². The van der Waals surface area contributed by atoms with Crippen LogP contribution in [0.3, 0.4) is 0 Å². The van der Waals surface area contributed by atoms with Crippen LogP contribution in [-0.4, -0.2) is 22.7 Å². The molecule has 1 heterocycles. The maximum absolute atomic E-state index is 14.2. The van der Waals surface area contributed by atoms with E-state index in [-0.39, 0.29) is 5.97 Å². The second-order valence-corrected chi connectivity index (χ2v) is 17.8. The van der Waals surface area contributed by atoms with E-state index in [9.17, 15) is 110 Å². The van der Waals surface area contributed by atoms with Crippen LogP contribution in [0.4, 0.5) is 105 Å². The zero-order chi connectivity index (χ0) is 58.5. The van der Waals surface area contributed by atoms with Gasteiger partial charge in [-0.05, 0) is 57.2 Å². The lowest BCUT2D eigenvalue weighted by Crippen LogP contribution is -2.75. The molecule has 0 N–H and O–H groups in total. The number of hydrogen-bond donors (Lipinski definition) is 0. The molecule has 1 aromatic heterocycles. The minimum absolute atomic E-state index is 0.291. The molecule has 0 unspecified atom stereocenters. The second kappa shape index (κ2) is 20.8. The van der Waals surface area contributed by atoms with Crippen molar-refractivity contribution in [1.29, 1.82) is 0 Å². The Kier molecular flexibility index (Phi) is 16.4. The van der Waals surface area contributed by atoms with Gasteiger partial charge < -0.3 is 4.74 Å². The van der Waals surface area contributed by atoms with Crippen molar-refractivity contribution in [3.05, 3.63) is 177 Å². The lowest BCUT2D eigenvalue weighted by Gasteiger charge is -2.46. The Bertz CT molecular complexity index is 2630. The molecule has 5 aromatic carbocycles. The Morgan fingerprint density at radius 2 is 0.636 bits per heavy atom. The zero-order valence-corrected chi connectivity index (χ0v) is 38.6. The lowest BCUT2D eigenvalue weighted by atomic mass is 9.12. The smallest absolute Gasteiger partial charge is 0.416 e. The zero-order valence-electron chi connectivity index (χ0n) is 38.6. The van der Waals surface area contributed by atoms with Gasteiger partial charge in [0.25, 0.3) is 0 Å². The number of carbonyl (C=O) groups excluding carboxylic acids is 1. The predicted octanol–water partition coefficient (Wildman–Crippen LogP) is 13.6. The third-order valence-electron chi connectivity index (χ3n) is 11.1. The van der Waals surface area contributed by atoms with Crippen LogP contribution in [0.1, 0.15) is 81.2 Å². The van der Waals surface area contributed by atoms with Crippen LogP contribution in [0.5, 0.6) is 0 Å². The van der Waals surface area contributed by atoms with Gasteiger partial charge in [-0.25, -0.2) is 4.79 Å². The molecule has 0 fully saturated rings. The van der Waals surface area contributed by atoms with Crippen LogP contribution in [-0.2, 0) is 60.7 Å². The fourth-order valence-electron chi connectivity index (χ4n) is 7.82. The normalized spacial score (nSPS) is 13.5. The number of nitrogens with zero attached hydrogens (tertiary/aromatic N) is 2. The largest absolute Gasteiger partial charge is 0.456 e. The third-order valence-corrected chi connectivity index (χ3v) is 11.1. The van der Waals surface area contributed by atoms with Crippen molar-refractivity contribution < 1.29 is 119 Å². The number of halogens is 24. The molecule has 6 aromatic rings. The SMILES string of the molecule is CC(C)(C)OC(=O)c1ccc(C[n+]2ccncc2)cc1.FC(F)(F)c1cc([B-](c2cc(C(F)(F)F)cc(C(F)(F)F)c2)(c2cc(C(F)(F)F)cc(C(F)(F)F)c2)c2cc(C(F)(F)F)cc(C(F)(F)F)c2)cc(C(F)(F)F)c1. The average Bonchev–Trinajstić information content (AvgIpc) is 3.27. The minimum Gasteiger partial charge on any atom is -0.456 e. The molecular formula is C48H31BF24N2O2. The summed E-state index contributed by atoms with van der Waals surface area (Å²) in [6.07, 6.45) is -47.5. The average molecular weight is 1130 g/mol. The maximum Gasteiger partial charge on any atom is 0.416 e. The van der Waals surface area contributed by atoms with Crippen molar-refractivity contribution in [2.75, 3.05) is 0 Å². The van der Waals surface area contributed by atoms with E-state index in [1.54, 1.807) is 24.5 Å². The topological polar surface area (TPSA) is 43.1 Å². The number of esters is 1. The summed E-state index contributed by atoms with van der Waals surface area (Å²) in [5, 5.41) is 0. The molecular weight excluding hydrogens is 1100 g/mol. The number of benzene rings is 5. The molecule has 0 radical (unpaired) electrons. The molecule has 0 atom stereocenters. The molecule has 0 saturated carbocycles. The predicted molar refractivity (Wildman–Crippen MR) is 225 cm³/mol. The fourth-order valence-corrected chi connectivity index (χ4v) is 7.82. The summed E-state index contributed by atoms with van der Waals surface area (Å²) in [5.41, 5.74) is -29.0. The first kappa shape index (κ1) is 60.9. The van der Waals surface area contributed by atoms with Gasteiger partial charge in [-0.1, -0.05) is 60.7 Å². The first-order chi connectivity index (χ1) is 34.7. The molecule has 29 heteroatoms. The molecule has 0 spiro atoms. The molecule has 6 rings (SSSR count). The van der Waals surface area contributed by atoms with E-state index in [1.807, 2.05) is 49.9 Å². The van der Waals surface area contributed by atoms with E-state index in [4.69, 9.17) is 4.74 Å². The Morgan fingerprint density at radius 1 is 0.403 bits per heavy atom. The Labute approximate surface area is 417 Å². The summed E-state index contributed by atoms with van der Waals surface area (Å²) < 4.78 is 348. The maximum atomic E-state index is 14.2. The highest BCUT2D eigenvalue weighted by molar-refractivity contribution is 7.20. The van der Waals surface area contributed by atoms with Crippen molar-refractivity contribution >= 4 is 34.0 Å². The van der Waals surface area contributed by atoms with Gasteiger partial charge >= 0.3 is 55.4 Å². The van der Waals surface area contributed by atoms with Gasteiger partial charge in [-0.3, -0.25) is 4.98 Å². The Morgan fingerprint density at radius 3 is 0.844 bits per heavy atom. The van der Waals surface area contributed by atoms with Gasteiger partial charge in [0, 0.05) is 5.56 Å². The van der Waals surface area contributed by atoms with Gasteiger partial charge in [0.2, 0.25) is 0 Å². The molecule has 0 aliphatic rings. The molecule has 77 heavy (non-hydrogen) atoms. The fraction of sp³-hybridized carbons (Fsp3) is 0.271. The molecule has 0 bridgehead atoms. The second-order valence-electron chi connectivity index (χ2n) is 17.8. The van der Waals surface area contributed by atoms with E-state index in [1.165, 1.54) is 0 Å². The first-order valence-corrected chi connectivity index (χ1v) is 21.2. The van der Waals surface area contributed by atoms with E-state index >= 15 is 0 Å². The van der Waals surface area contributed by atoms with Crippen LogP contribution < -0.4 is 26.4 Å². The highest BCUT2D eigenvalue weighted by atomic mass is 19.4.